The molecule has 0 bridgehead atoms. The molecule has 3 aliphatic rings. The third kappa shape index (κ3) is 4.21. The molecule has 0 saturated carbocycles. The number of fused-ring (bicyclic) bond motifs is 1. The first-order valence-corrected chi connectivity index (χ1v) is 12.1. The number of rotatable bonds is 3. The fourth-order valence-electron chi connectivity index (χ4n) is 4.89. The summed E-state index contributed by atoms with van der Waals surface area (Å²) in [6, 6.07) is 7.65. The standard InChI is InChI=1S/C25H30ClN5O/c26-19-10-12-20(13-11-19)31-22-8-4-2-1-3-7-21(22)24(28-31)30-16-6-5-9-23(30)25(32)29-17-14-27-15-18-29/h1,3,7-8,10-13,23,27H,2,4-6,9,14-18H2/b3-1+,21-7+,22-8+. The molecule has 1 amide bonds. The summed E-state index contributed by atoms with van der Waals surface area (Å²) in [5, 5.41) is 11.3. The number of nitrogens with zero attached hydrogens (tertiary/aromatic N) is 4. The second-order valence-electron chi connectivity index (χ2n) is 8.67. The van der Waals surface area contributed by atoms with Gasteiger partial charge < -0.3 is 15.1 Å². The first-order chi connectivity index (χ1) is 15.7. The minimum absolute atomic E-state index is 0.151. The van der Waals surface area contributed by atoms with Crippen LogP contribution in [0.3, 0.4) is 0 Å². The Kier molecular flexibility index (Phi) is 6.32. The van der Waals surface area contributed by atoms with Crippen molar-refractivity contribution in [3.05, 3.63) is 52.0 Å². The molecular formula is C25H30ClN5O. The Bertz CT molecular complexity index is 1110. The molecule has 3 heterocycles. The SMILES string of the molecule is O=C(C1CCCCN1c1nn(-c2ccc(Cl)cc2)c2/c1=C\C=C\CC\C=2)N1CCNCC1. The van der Waals surface area contributed by atoms with Crippen molar-refractivity contribution in [3.63, 3.8) is 0 Å². The third-order valence-corrected chi connectivity index (χ3v) is 6.82. The molecule has 1 N–H and O–H groups in total. The lowest BCUT2D eigenvalue weighted by molar-refractivity contribution is -0.133. The number of piperazine rings is 1. The Hall–Kier alpha value is -2.57. The van der Waals surface area contributed by atoms with Crippen molar-refractivity contribution in [1.29, 1.82) is 0 Å². The van der Waals surface area contributed by atoms with Crippen molar-refractivity contribution in [2.45, 2.75) is 38.1 Å². The summed E-state index contributed by atoms with van der Waals surface area (Å²) in [5.41, 5.74) is 0.980. The zero-order chi connectivity index (χ0) is 21.9. The molecule has 2 fully saturated rings. The quantitative estimate of drug-likeness (QED) is 0.777. The second-order valence-corrected chi connectivity index (χ2v) is 9.10. The van der Waals surface area contributed by atoms with Gasteiger partial charge in [-0.05, 0) is 62.4 Å². The summed E-state index contributed by atoms with van der Waals surface area (Å²) >= 11 is 6.14. The molecule has 0 spiro atoms. The summed E-state index contributed by atoms with van der Waals surface area (Å²) in [7, 11) is 0. The van der Waals surface area contributed by atoms with E-state index >= 15 is 0 Å². The Morgan fingerprint density at radius 2 is 1.88 bits per heavy atom. The zero-order valence-corrected chi connectivity index (χ0v) is 19.1. The number of carbonyl (C=O) groups excluding carboxylic acids is 1. The molecule has 32 heavy (non-hydrogen) atoms. The fourth-order valence-corrected chi connectivity index (χ4v) is 5.02. The number of anilines is 1. The highest BCUT2D eigenvalue weighted by molar-refractivity contribution is 6.30. The van der Waals surface area contributed by atoms with Crippen LogP contribution in [0.15, 0.2) is 36.4 Å². The largest absolute Gasteiger partial charge is 0.343 e. The third-order valence-electron chi connectivity index (χ3n) is 6.57. The highest BCUT2D eigenvalue weighted by Gasteiger charge is 2.34. The first-order valence-electron chi connectivity index (χ1n) is 11.7. The van der Waals surface area contributed by atoms with Crippen molar-refractivity contribution < 1.29 is 4.79 Å². The molecular weight excluding hydrogens is 422 g/mol. The average molecular weight is 452 g/mol. The van der Waals surface area contributed by atoms with Gasteiger partial charge in [-0.1, -0.05) is 29.8 Å². The van der Waals surface area contributed by atoms with Gasteiger partial charge in [0.2, 0.25) is 5.91 Å². The van der Waals surface area contributed by atoms with Gasteiger partial charge in [0.25, 0.3) is 0 Å². The van der Waals surface area contributed by atoms with Crippen LogP contribution in [-0.4, -0.2) is 59.4 Å². The summed E-state index contributed by atoms with van der Waals surface area (Å²) in [5.74, 6) is 1.15. The van der Waals surface area contributed by atoms with Gasteiger partial charge in [-0.15, -0.1) is 5.10 Å². The normalized spacial score (nSPS) is 24.3. The van der Waals surface area contributed by atoms with Gasteiger partial charge in [0, 0.05) is 43.0 Å². The van der Waals surface area contributed by atoms with E-state index in [4.69, 9.17) is 16.7 Å². The number of hydrogen-bond acceptors (Lipinski definition) is 4. The van der Waals surface area contributed by atoms with Gasteiger partial charge in [-0.2, -0.15) is 0 Å². The van der Waals surface area contributed by atoms with Crippen molar-refractivity contribution in [1.82, 2.24) is 20.0 Å². The van der Waals surface area contributed by atoms with Crippen LogP contribution < -0.4 is 20.8 Å². The van der Waals surface area contributed by atoms with Crippen LogP contribution >= 0.6 is 11.6 Å². The van der Waals surface area contributed by atoms with Crippen LogP contribution in [0, 0.1) is 0 Å². The molecule has 2 saturated heterocycles. The van der Waals surface area contributed by atoms with Gasteiger partial charge in [0.1, 0.15) is 6.04 Å². The lowest BCUT2D eigenvalue weighted by Crippen LogP contribution is -2.56. The smallest absolute Gasteiger partial charge is 0.245 e. The lowest BCUT2D eigenvalue weighted by atomic mass is 10.00. The van der Waals surface area contributed by atoms with Gasteiger partial charge in [-0.25, -0.2) is 4.68 Å². The highest BCUT2D eigenvalue weighted by Crippen LogP contribution is 2.23. The number of hydrogen-bond donors (Lipinski definition) is 1. The van der Waals surface area contributed by atoms with Gasteiger partial charge in [0.05, 0.1) is 11.0 Å². The Morgan fingerprint density at radius 1 is 1.06 bits per heavy atom. The molecule has 1 unspecified atom stereocenters. The molecule has 7 heteroatoms. The van der Waals surface area contributed by atoms with Crippen molar-refractivity contribution in [2.24, 2.45) is 0 Å². The second kappa shape index (κ2) is 9.51. The van der Waals surface area contributed by atoms with Gasteiger partial charge >= 0.3 is 0 Å². The number of allylic oxidation sites excluding steroid dienone is 2. The molecule has 0 radical (unpaired) electrons. The number of carbonyl (C=O) groups is 1. The molecule has 168 valence electrons. The summed E-state index contributed by atoms with van der Waals surface area (Å²) in [6.45, 7) is 4.15. The number of aromatic nitrogens is 2. The van der Waals surface area contributed by atoms with Crippen molar-refractivity contribution in [3.8, 4) is 5.69 Å². The van der Waals surface area contributed by atoms with Crippen LogP contribution in [0.2, 0.25) is 5.02 Å². The van der Waals surface area contributed by atoms with Crippen LogP contribution in [0.25, 0.3) is 17.8 Å². The molecule has 2 aliphatic heterocycles. The van der Waals surface area contributed by atoms with E-state index in [-0.39, 0.29) is 11.9 Å². The predicted octanol–water partition coefficient (Wildman–Crippen LogP) is 2.23. The number of nitrogens with one attached hydrogen (secondary N) is 1. The van der Waals surface area contributed by atoms with E-state index in [1.807, 2.05) is 33.8 Å². The Labute approximate surface area is 193 Å². The monoisotopic (exact) mass is 451 g/mol. The Balaban J connectivity index is 1.60. The maximum Gasteiger partial charge on any atom is 0.245 e. The average Bonchev–Trinajstić information content (AvgIpc) is 3.16. The zero-order valence-electron chi connectivity index (χ0n) is 18.3. The van der Waals surface area contributed by atoms with E-state index in [1.54, 1.807) is 0 Å². The number of piperidine rings is 1. The van der Waals surface area contributed by atoms with Crippen LogP contribution in [0.1, 0.15) is 32.1 Å². The molecule has 1 aromatic heterocycles. The van der Waals surface area contributed by atoms with Crippen molar-refractivity contribution in [2.75, 3.05) is 37.6 Å². The highest BCUT2D eigenvalue weighted by atomic mass is 35.5. The maximum atomic E-state index is 13.5. The predicted molar refractivity (Wildman–Crippen MR) is 130 cm³/mol. The Morgan fingerprint density at radius 3 is 2.69 bits per heavy atom. The van der Waals surface area contributed by atoms with E-state index in [9.17, 15) is 4.79 Å². The first kappa shape index (κ1) is 21.3. The van der Waals surface area contributed by atoms with Crippen LogP contribution in [0.4, 0.5) is 5.82 Å². The molecule has 1 atom stereocenters. The van der Waals surface area contributed by atoms with E-state index in [2.05, 4.69) is 34.5 Å². The van der Waals surface area contributed by atoms with Crippen LogP contribution in [-0.2, 0) is 4.79 Å². The molecule has 2 aromatic rings. The minimum atomic E-state index is -0.151. The van der Waals surface area contributed by atoms with E-state index in [0.29, 0.717) is 5.02 Å². The fraction of sp³-hybridized carbons (Fsp3) is 0.440. The van der Waals surface area contributed by atoms with E-state index in [1.165, 1.54) is 0 Å². The maximum absolute atomic E-state index is 13.5. The minimum Gasteiger partial charge on any atom is -0.343 e. The number of amides is 1. The van der Waals surface area contributed by atoms with Crippen molar-refractivity contribution >= 4 is 35.5 Å². The van der Waals surface area contributed by atoms with E-state index < -0.39 is 0 Å². The van der Waals surface area contributed by atoms with Gasteiger partial charge in [-0.3, -0.25) is 4.79 Å². The van der Waals surface area contributed by atoms with Gasteiger partial charge in [0.15, 0.2) is 5.82 Å². The number of halogens is 1. The lowest BCUT2D eigenvalue weighted by Gasteiger charge is -2.39. The van der Waals surface area contributed by atoms with E-state index in [0.717, 1.165) is 86.9 Å². The summed E-state index contributed by atoms with van der Waals surface area (Å²) in [6.07, 6.45) is 13.7. The number of benzene rings is 1. The molecule has 5 rings (SSSR count). The molecule has 1 aromatic carbocycles. The van der Waals surface area contributed by atoms with Crippen LogP contribution in [0.5, 0.6) is 0 Å². The summed E-state index contributed by atoms with van der Waals surface area (Å²) in [4.78, 5) is 17.8. The summed E-state index contributed by atoms with van der Waals surface area (Å²) < 4.78 is 2.01. The molecule has 6 nitrogen and oxygen atoms in total. The molecule has 1 aliphatic carbocycles. The topological polar surface area (TPSA) is 53.4 Å².